The van der Waals surface area contributed by atoms with Crippen LogP contribution in [0.3, 0.4) is 0 Å². The highest BCUT2D eigenvalue weighted by molar-refractivity contribution is 5.79. The Hall–Kier alpha value is -2.90. The molecule has 1 N–H and O–H groups in total. The summed E-state index contributed by atoms with van der Waals surface area (Å²) >= 11 is 0. The van der Waals surface area contributed by atoms with Crippen LogP contribution in [0.1, 0.15) is 31.7 Å². The molecule has 1 saturated carbocycles. The second-order valence-corrected chi connectivity index (χ2v) is 6.73. The molecule has 0 saturated heterocycles. The average Bonchev–Trinajstić information content (AvgIpc) is 2.64. The zero-order chi connectivity index (χ0) is 19.0. The van der Waals surface area contributed by atoms with Gasteiger partial charge >= 0.3 is 0 Å². The van der Waals surface area contributed by atoms with Crippen LogP contribution in [-0.4, -0.2) is 20.5 Å². The third-order valence-corrected chi connectivity index (χ3v) is 4.83. The van der Waals surface area contributed by atoms with Gasteiger partial charge in [-0.2, -0.15) is 0 Å². The SMILES string of the molecule is O=c1c2cc(F)ccc2nc(Nc2cccnc2)n1C1CCC(F)(F)CC1. The Kier molecular flexibility index (Phi) is 4.33. The van der Waals surface area contributed by atoms with E-state index in [-0.39, 0.29) is 37.0 Å². The summed E-state index contributed by atoms with van der Waals surface area (Å²) in [5, 5.41) is 3.18. The van der Waals surface area contributed by atoms with Crippen molar-refractivity contribution in [2.45, 2.75) is 37.6 Å². The summed E-state index contributed by atoms with van der Waals surface area (Å²) in [5.41, 5.74) is 0.507. The highest BCUT2D eigenvalue weighted by Gasteiger charge is 2.36. The maximum absolute atomic E-state index is 13.6. The van der Waals surface area contributed by atoms with Crippen LogP contribution in [0.4, 0.5) is 24.8 Å². The zero-order valence-electron chi connectivity index (χ0n) is 14.3. The molecule has 5 nitrogen and oxygen atoms in total. The summed E-state index contributed by atoms with van der Waals surface area (Å²) in [4.78, 5) is 21.5. The van der Waals surface area contributed by atoms with E-state index >= 15 is 0 Å². The van der Waals surface area contributed by atoms with Crippen LogP contribution in [-0.2, 0) is 0 Å². The summed E-state index contributed by atoms with van der Waals surface area (Å²) < 4.78 is 42.2. The van der Waals surface area contributed by atoms with Gasteiger partial charge in [-0.15, -0.1) is 0 Å². The zero-order valence-corrected chi connectivity index (χ0v) is 14.3. The number of hydrogen-bond acceptors (Lipinski definition) is 4. The molecule has 4 rings (SSSR count). The molecule has 1 aliphatic rings. The van der Waals surface area contributed by atoms with Gasteiger partial charge in [0.05, 0.1) is 22.8 Å². The van der Waals surface area contributed by atoms with Crippen molar-refractivity contribution < 1.29 is 13.2 Å². The number of nitrogens with zero attached hydrogens (tertiary/aromatic N) is 3. The predicted molar refractivity (Wildman–Crippen MR) is 95.9 cm³/mol. The third kappa shape index (κ3) is 3.51. The molecular weight excluding hydrogens is 357 g/mol. The number of fused-ring (bicyclic) bond motifs is 1. The number of hydrogen-bond donors (Lipinski definition) is 1. The molecule has 1 fully saturated rings. The van der Waals surface area contributed by atoms with E-state index in [4.69, 9.17) is 0 Å². The van der Waals surface area contributed by atoms with E-state index in [1.54, 1.807) is 24.5 Å². The standard InChI is InChI=1S/C19H17F3N4O/c20-12-3-4-16-15(10-12)17(27)26(14-5-7-19(21,22)8-6-14)18(25-16)24-13-2-1-9-23-11-13/h1-4,9-11,14H,5-8H2,(H,24,25). The molecule has 27 heavy (non-hydrogen) atoms. The Morgan fingerprint density at radius 2 is 1.96 bits per heavy atom. The van der Waals surface area contributed by atoms with Gasteiger partial charge in [0.15, 0.2) is 0 Å². The summed E-state index contributed by atoms with van der Waals surface area (Å²) in [6, 6.07) is 6.84. The van der Waals surface area contributed by atoms with Crippen molar-refractivity contribution in [3.63, 3.8) is 0 Å². The molecule has 3 aromatic rings. The molecule has 0 aliphatic heterocycles. The van der Waals surface area contributed by atoms with Crippen molar-refractivity contribution in [2.24, 2.45) is 0 Å². The van der Waals surface area contributed by atoms with Crippen molar-refractivity contribution in [3.05, 3.63) is 58.9 Å². The van der Waals surface area contributed by atoms with Crippen LogP contribution in [0.15, 0.2) is 47.5 Å². The summed E-state index contributed by atoms with van der Waals surface area (Å²) in [6.07, 6.45) is 2.89. The average molecular weight is 374 g/mol. The molecular formula is C19H17F3N4O. The van der Waals surface area contributed by atoms with E-state index in [9.17, 15) is 18.0 Å². The maximum atomic E-state index is 13.6. The Morgan fingerprint density at radius 3 is 2.67 bits per heavy atom. The first kappa shape index (κ1) is 17.5. The second-order valence-electron chi connectivity index (χ2n) is 6.73. The number of halogens is 3. The Morgan fingerprint density at radius 1 is 1.19 bits per heavy atom. The van der Waals surface area contributed by atoms with Gasteiger partial charge in [-0.1, -0.05) is 0 Å². The van der Waals surface area contributed by atoms with Crippen LogP contribution in [0.5, 0.6) is 0 Å². The number of aromatic nitrogens is 3. The molecule has 2 aromatic heterocycles. The molecule has 0 unspecified atom stereocenters. The Bertz CT molecular complexity index is 1030. The van der Waals surface area contributed by atoms with E-state index in [0.717, 1.165) is 6.07 Å². The quantitative estimate of drug-likeness (QED) is 0.737. The molecule has 8 heteroatoms. The minimum absolute atomic E-state index is 0.129. The van der Waals surface area contributed by atoms with Gasteiger partial charge in [0.2, 0.25) is 11.9 Å². The molecule has 0 bridgehead atoms. The van der Waals surface area contributed by atoms with Gasteiger partial charge in [-0.3, -0.25) is 14.3 Å². The topological polar surface area (TPSA) is 59.8 Å². The Labute approximate surface area is 152 Å². The lowest BCUT2D eigenvalue weighted by Gasteiger charge is -2.30. The first-order valence-electron chi connectivity index (χ1n) is 8.70. The number of nitrogens with one attached hydrogen (secondary N) is 1. The van der Waals surface area contributed by atoms with Crippen LogP contribution in [0, 0.1) is 5.82 Å². The fourth-order valence-corrected chi connectivity index (χ4v) is 3.45. The van der Waals surface area contributed by atoms with Crippen LogP contribution >= 0.6 is 0 Å². The van der Waals surface area contributed by atoms with Crippen LogP contribution in [0.2, 0.25) is 0 Å². The van der Waals surface area contributed by atoms with Crippen LogP contribution in [0.25, 0.3) is 10.9 Å². The monoisotopic (exact) mass is 374 g/mol. The lowest BCUT2D eigenvalue weighted by Crippen LogP contribution is -2.33. The van der Waals surface area contributed by atoms with Crippen molar-refractivity contribution in [2.75, 3.05) is 5.32 Å². The first-order valence-corrected chi connectivity index (χ1v) is 8.70. The van der Waals surface area contributed by atoms with E-state index in [2.05, 4.69) is 15.3 Å². The lowest BCUT2D eigenvalue weighted by molar-refractivity contribution is -0.0440. The molecule has 0 radical (unpaired) electrons. The van der Waals surface area contributed by atoms with Gasteiger partial charge < -0.3 is 5.32 Å². The second kappa shape index (κ2) is 6.68. The number of alkyl halides is 2. The summed E-state index contributed by atoms with van der Waals surface area (Å²) in [6.45, 7) is 0. The minimum atomic E-state index is -2.71. The molecule has 2 heterocycles. The van der Waals surface area contributed by atoms with Gasteiger partial charge in [-0.25, -0.2) is 18.2 Å². The van der Waals surface area contributed by atoms with Gasteiger partial charge in [0.1, 0.15) is 5.82 Å². The van der Waals surface area contributed by atoms with Crippen molar-refractivity contribution in [1.29, 1.82) is 0 Å². The van der Waals surface area contributed by atoms with Gasteiger partial charge in [0.25, 0.3) is 5.56 Å². The van der Waals surface area contributed by atoms with E-state index in [1.165, 1.54) is 16.7 Å². The minimum Gasteiger partial charge on any atom is -0.324 e. The fraction of sp³-hybridized carbons (Fsp3) is 0.316. The summed E-state index contributed by atoms with van der Waals surface area (Å²) in [7, 11) is 0. The van der Waals surface area contributed by atoms with Gasteiger partial charge in [0, 0.05) is 25.1 Å². The summed E-state index contributed by atoms with van der Waals surface area (Å²) in [5.74, 6) is -3.02. The van der Waals surface area contributed by atoms with E-state index < -0.39 is 23.3 Å². The fourth-order valence-electron chi connectivity index (χ4n) is 3.45. The highest BCUT2D eigenvalue weighted by atomic mass is 19.3. The number of benzene rings is 1. The first-order chi connectivity index (χ1) is 12.9. The number of rotatable bonds is 3. The highest BCUT2D eigenvalue weighted by Crippen LogP contribution is 2.39. The maximum Gasteiger partial charge on any atom is 0.263 e. The normalized spacial score (nSPS) is 17.1. The molecule has 1 aliphatic carbocycles. The van der Waals surface area contributed by atoms with Crippen molar-refractivity contribution in [1.82, 2.24) is 14.5 Å². The predicted octanol–water partition coefficient (Wildman–Crippen LogP) is 4.42. The van der Waals surface area contributed by atoms with Gasteiger partial charge in [-0.05, 0) is 43.2 Å². The third-order valence-electron chi connectivity index (χ3n) is 4.83. The van der Waals surface area contributed by atoms with E-state index in [1.807, 2.05) is 0 Å². The number of anilines is 2. The Balaban J connectivity index is 1.84. The van der Waals surface area contributed by atoms with Crippen molar-refractivity contribution in [3.8, 4) is 0 Å². The molecule has 0 amide bonds. The lowest BCUT2D eigenvalue weighted by atomic mass is 9.92. The van der Waals surface area contributed by atoms with Crippen molar-refractivity contribution >= 4 is 22.5 Å². The van der Waals surface area contributed by atoms with Crippen LogP contribution < -0.4 is 10.9 Å². The molecule has 140 valence electrons. The molecule has 0 spiro atoms. The largest absolute Gasteiger partial charge is 0.324 e. The van der Waals surface area contributed by atoms with E-state index in [0.29, 0.717) is 11.2 Å². The molecule has 0 atom stereocenters. The number of pyridine rings is 1. The molecule has 1 aromatic carbocycles. The smallest absolute Gasteiger partial charge is 0.263 e.